The Morgan fingerprint density at radius 2 is 2.11 bits per heavy atom. The van der Waals surface area contributed by atoms with Gasteiger partial charge in [-0.1, -0.05) is 34.5 Å². The molecule has 1 atom stereocenters. The summed E-state index contributed by atoms with van der Waals surface area (Å²) in [5.41, 5.74) is -1.16. The molecule has 0 spiro atoms. The molecule has 4 rings (SSSR count). The highest BCUT2D eigenvalue weighted by molar-refractivity contribution is 7.22. The smallest absolute Gasteiger partial charge is 0.307 e. The summed E-state index contributed by atoms with van der Waals surface area (Å²) in [6.45, 7) is 1.37. The van der Waals surface area contributed by atoms with Gasteiger partial charge in [-0.2, -0.15) is 0 Å². The number of nitrogens with zero attached hydrogens (tertiary/aromatic N) is 2. The Morgan fingerprint density at radius 3 is 2.82 bits per heavy atom. The molecule has 1 aliphatic heterocycles. The number of aromatic nitrogens is 1. The van der Waals surface area contributed by atoms with Crippen LogP contribution in [0.25, 0.3) is 10.2 Å². The van der Waals surface area contributed by atoms with Crippen molar-refractivity contribution in [2.24, 2.45) is 0 Å². The summed E-state index contributed by atoms with van der Waals surface area (Å²) in [5.74, 6) is -2.29. The van der Waals surface area contributed by atoms with Crippen molar-refractivity contribution in [1.82, 2.24) is 4.98 Å². The van der Waals surface area contributed by atoms with E-state index in [0.29, 0.717) is 15.2 Å². The van der Waals surface area contributed by atoms with Gasteiger partial charge in [0.25, 0.3) is 5.91 Å². The summed E-state index contributed by atoms with van der Waals surface area (Å²) >= 11 is 13.4. The van der Waals surface area contributed by atoms with Crippen LogP contribution in [0.5, 0.6) is 5.75 Å². The van der Waals surface area contributed by atoms with E-state index in [4.69, 9.17) is 27.9 Å². The summed E-state index contributed by atoms with van der Waals surface area (Å²) < 4.78 is 20.2. The molecule has 1 N–H and O–H groups in total. The molecule has 1 aliphatic rings. The Balaban J connectivity index is 1.93. The van der Waals surface area contributed by atoms with Crippen LogP contribution in [0.4, 0.5) is 15.2 Å². The summed E-state index contributed by atoms with van der Waals surface area (Å²) in [6.07, 6.45) is -0.573. The van der Waals surface area contributed by atoms with E-state index in [0.717, 1.165) is 17.4 Å². The van der Waals surface area contributed by atoms with Gasteiger partial charge in [-0.05, 0) is 31.2 Å². The largest absolute Gasteiger partial charge is 0.481 e. The lowest BCUT2D eigenvalue weighted by atomic mass is 9.97. The van der Waals surface area contributed by atoms with E-state index in [2.05, 4.69) is 4.98 Å². The normalized spacial score (nSPS) is 18.9. The van der Waals surface area contributed by atoms with Gasteiger partial charge in [0.15, 0.2) is 10.7 Å². The van der Waals surface area contributed by atoms with E-state index < -0.39 is 29.7 Å². The van der Waals surface area contributed by atoms with Gasteiger partial charge in [0.05, 0.1) is 26.9 Å². The molecular formula is C18H11Cl2FN2O4S. The molecule has 0 fully saturated rings. The van der Waals surface area contributed by atoms with Crippen molar-refractivity contribution in [1.29, 1.82) is 0 Å². The number of aliphatic carboxylic acids is 1. The standard InChI is InChI=1S/C18H11Cl2FN2O4S/c1-18(7-13(24)25)16(26)23(10-6-8(21)2-4-11(10)27-18)17-22-15-12(28-17)5-3-9(19)14(15)20/h2-6H,7H2,1H3,(H,24,25). The molecule has 0 saturated carbocycles. The number of anilines is 2. The average molecular weight is 441 g/mol. The average Bonchev–Trinajstić information content (AvgIpc) is 3.04. The fourth-order valence-corrected chi connectivity index (χ4v) is 4.40. The Labute approximate surface area is 172 Å². The first kappa shape index (κ1) is 18.9. The number of carbonyl (C=O) groups excluding carboxylic acids is 1. The van der Waals surface area contributed by atoms with Crippen LogP contribution in [0, 0.1) is 5.82 Å². The third-order valence-electron chi connectivity index (χ3n) is 4.27. The molecule has 144 valence electrons. The molecule has 0 aliphatic carbocycles. The summed E-state index contributed by atoms with van der Waals surface area (Å²) in [6, 6.07) is 6.97. The van der Waals surface area contributed by atoms with Crippen LogP contribution in [-0.4, -0.2) is 27.6 Å². The van der Waals surface area contributed by atoms with Gasteiger partial charge in [-0.25, -0.2) is 14.3 Å². The minimum absolute atomic E-state index is 0.133. The van der Waals surface area contributed by atoms with E-state index >= 15 is 0 Å². The maximum atomic E-state index is 13.9. The minimum Gasteiger partial charge on any atom is -0.481 e. The van der Waals surface area contributed by atoms with Gasteiger partial charge in [0.2, 0.25) is 0 Å². The first-order valence-corrected chi connectivity index (χ1v) is 9.56. The molecule has 6 nitrogen and oxygen atoms in total. The molecule has 2 heterocycles. The number of benzene rings is 2. The van der Waals surface area contributed by atoms with Crippen LogP contribution in [0.3, 0.4) is 0 Å². The van der Waals surface area contributed by atoms with Gasteiger partial charge in [0, 0.05) is 6.07 Å². The van der Waals surface area contributed by atoms with Crippen molar-refractivity contribution in [2.45, 2.75) is 18.9 Å². The third kappa shape index (κ3) is 2.97. The number of hydrogen-bond acceptors (Lipinski definition) is 5. The number of fused-ring (bicyclic) bond motifs is 2. The molecule has 0 bridgehead atoms. The fourth-order valence-electron chi connectivity index (χ4n) is 3.00. The zero-order valence-corrected chi connectivity index (χ0v) is 16.5. The number of carboxylic acid groups (broad SMARTS) is 1. The molecule has 1 unspecified atom stereocenters. The first-order valence-electron chi connectivity index (χ1n) is 7.99. The summed E-state index contributed by atoms with van der Waals surface area (Å²) in [4.78, 5) is 30.1. The highest BCUT2D eigenvalue weighted by Gasteiger charge is 2.48. The Bertz CT molecular complexity index is 1150. The number of ether oxygens (including phenoxy) is 1. The maximum Gasteiger partial charge on any atom is 0.307 e. The lowest BCUT2D eigenvalue weighted by Crippen LogP contribution is -2.53. The monoisotopic (exact) mass is 440 g/mol. The number of halogens is 3. The van der Waals surface area contributed by atoms with Crippen molar-refractivity contribution in [3.8, 4) is 5.75 Å². The van der Waals surface area contributed by atoms with Crippen LogP contribution in [-0.2, 0) is 9.59 Å². The number of rotatable bonds is 3. The number of amides is 1. The Morgan fingerprint density at radius 1 is 1.36 bits per heavy atom. The van der Waals surface area contributed by atoms with Crippen LogP contribution in [0.2, 0.25) is 10.0 Å². The molecule has 1 amide bonds. The Kier molecular flexibility index (Phi) is 4.45. The highest BCUT2D eigenvalue weighted by atomic mass is 35.5. The van der Waals surface area contributed by atoms with E-state index in [1.165, 1.54) is 24.0 Å². The van der Waals surface area contributed by atoms with Crippen molar-refractivity contribution in [2.75, 3.05) is 4.90 Å². The molecule has 0 radical (unpaired) electrons. The zero-order chi connectivity index (χ0) is 20.2. The predicted molar refractivity (Wildman–Crippen MR) is 104 cm³/mol. The molecule has 10 heteroatoms. The lowest BCUT2D eigenvalue weighted by molar-refractivity contribution is -0.148. The van der Waals surface area contributed by atoms with Crippen LogP contribution >= 0.6 is 34.5 Å². The summed E-state index contributed by atoms with van der Waals surface area (Å²) in [5, 5.41) is 9.97. The number of hydrogen-bond donors (Lipinski definition) is 1. The Hall–Kier alpha value is -2.42. The molecule has 0 saturated heterocycles. The minimum atomic E-state index is -1.68. The quantitative estimate of drug-likeness (QED) is 0.617. The lowest BCUT2D eigenvalue weighted by Gasteiger charge is -2.38. The topological polar surface area (TPSA) is 79.7 Å². The van der Waals surface area contributed by atoms with Crippen LogP contribution in [0.15, 0.2) is 30.3 Å². The van der Waals surface area contributed by atoms with Crippen molar-refractivity contribution in [3.63, 3.8) is 0 Å². The second kappa shape index (κ2) is 6.58. The zero-order valence-electron chi connectivity index (χ0n) is 14.2. The maximum absolute atomic E-state index is 13.9. The van der Waals surface area contributed by atoms with Crippen molar-refractivity contribution in [3.05, 3.63) is 46.2 Å². The van der Waals surface area contributed by atoms with Crippen LogP contribution < -0.4 is 9.64 Å². The van der Waals surface area contributed by atoms with Gasteiger partial charge in [0.1, 0.15) is 17.1 Å². The first-order chi connectivity index (χ1) is 13.2. The third-order valence-corrected chi connectivity index (χ3v) is 6.07. The predicted octanol–water partition coefficient (Wildman–Crippen LogP) is 5.03. The highest BCUT2D eigenvalue weighted by Crippen LogP contribution is 2.46. The van der Waals surface area contributed by atoms with Crippen LogP contribution in [0.1, 0.15) is 13.3 Å². The second-order valence-electron chi connectivity index (χ2n) is 6.36. The molecular weight excluding hydrogens is 430 g/mol. The van der Waals surface area contributed by atoms with Gasteiger partial charge < -0.3 is 9.84 Å². The molecule has 1 aromatic heterocycles. The van der Waals surface area contributed by atoms with Crippen molar-refractivity contribution >= 4 is 67.5 Å². The van der Waals surface area contributed by atoms with E-state index in [-0.39, 0.29) is 21.6 Å². The van der Waals surface area contributed by atoms with E-state index in [1.807, 2.05) is 0 Å². The molecule has 3 aromatic rings. The van der Waals surface area contributed by atoms with E-state index in [9.17, 15) is 19.1 Å². The number of thiazole rings is 1. The number of carbonyl (C=O) groups is 2. The molecule has 28 heavy (non-hydrogen) atoms. The van der Waals surface area contributed by atoms with Gasteiger partial charge in [-0.3, -0.25) is 9.59 Å². The van der Waals surface area contributed by atoms with Gasteiger partial charge >= 0.3 is 5.97 Å². The summed E-state index contributed by atoms with van der Waals surface area (Å²) in [7, 11) is 0. The molecule has 2 aromatic carbocycles. The van der Waals surface area contributed by atoms with Crippen molar-refractivity contribution < 1.29 is 23.8 Å². The second-order valence-corrected chi connectivity index (χ2v) is 8.15. The van der Waals surface area contributed by atoms with E-state index in [1.54, 1.807) is 12.1 Å². The fraction of sp³-hybridized carbons (Fsp3) is 0.167. The van der Waals surface area contributed by atoms with Gasteiger partial charge in [-0.15, -0.1) is 0 Å². The number of carboxylic acids is 1. The SMILES string of the molecule is CC1(CC(=O)O)Oc2ccc(F)cc2N(c2nc3c(Cl)c(Cl)ccc3s2)C1=O.